The molecule has 6 nitrogen and oxygen atoms in total. The van der Waals surface area contributed by atoms with Gasteiger partial charge in [-0.1, -0.05) is 12.1 Å². The van der Waals surface area contributed by atoms with E-state index >= 15 is 0 Å². The van der Waals surface area contributed by atoms with Gasteiger partial charge in [0.1, 0.15) is 11.4 Å². The molecule has 1 amide bonds. The molecule has 0 unspecified atom stereocenters. The molecule has 1 aliphatic heterocycles. The molecule has 1 aromatic carbocycles. The lowest BCUT2D eigenvalue weighted by atomic mass is 9.90. The van der Waals surface area contributed by atoms with Crippen LogP contribution in [0.2, 0.25) is 0 Å². The van der Waals surface area contributed by atoms with Gasteiger partial charge >= 0.3 is 0 Å². The molecule has 3 rings (SSSR count). The molecule has 132 valence electrons. The van der Waals surface area contributed by atoms with E-state index in [-0.39, 0.29) is 11.5 Å². The number of hydrogen-bond donors (Lipinski definition) is 1. The number of carbonyl (C=O) groups excluding carboxylic acids is 1. The zero-order chi connectivity index (χ0) is 17.6. The van der Waals surface area contributed by atoms with E-state index < -0.39 is 0 Å². The Morgan fingerprint density at radius 2 is 1.92 bits per heavy atom. The Morgan fingerprint density at radius 3 is 2.52 bits per heavy atom. The molecular formula is C19H23N3O3. The maximum absolute atomic E-state index is 12.4. The molecule has 1 N–H and O–H groups in total. The fraction of sp³-hybridized carbons (Fsp3) is 0.421. The Labute approximate surface area is 146 Å². The molecule has 2 heterocycles. The molecule has 6 heteroatoms. The number of amides is 1. The monoisotopic (exact) mass is 341 g/mol. The molecule has 1 fully saturated rings. The smallest absolute Gasteiger partial charge is 0.274 e. The van der Waals surface area contributed by atoms with Crippen LogP contribution in [-0.4, -0.2) is 41.2 Å². The maximum atomic E-state index is 12.4. The fourth-order valence-electron chi connectivity index (χ4n) is 3.21. The summed E-state index contributed by atoms with van der Waals surface area (Å²) in [6, 6.07) is 11.0. The van der Waals surface area contributed by atoms with Crippen LogP contribution in [0.15, 0.2) is 41.2 Å². The summed E-state index contributed by atoms with van der Waals surface area (Å²) in [7, 11) is 1.67. The Kier molecular flexibility index (Phi) is 5.48. The molecular weight excluding hydrogens is 318 g/mol. The number of benzene rings is 1. The van der Waals surface area contributed by atoms with Crippen LogP contribution in [0.3, 0.4) is 0 Å². The van der Waals surface area contributed by atoms with E-state index in [0.29, 0.717) is 11.6 Å². The SMILES string of the molecule is COc1ccc(CCC2CCN(C(=O)c3ccc(=O)[nH]n3)CC2)cc1. The highest BCUT2D eigenvalue weighted by Crippen LogP contribution is 2.23. The number of H-pyrrole nitrogens is 1. The third-order valence-electron chi connectivity index (χ3n) is 4.80. The van der Waals surface area contributed by atoms with Gasteiger partial charge in [-0.3, -0.25) is 9.59 Å². The van der Waals surface area contributed by atoms with E-state index in [9.17, 15) is 9.59 Å². The van der Waals surface area contributed by atoms with Gasteiger partial charge in [-0.15, -0.1) is 0 Å². The van der Waals surface area contributed by atoms with Crippen LogP contribution in [-0.2, 0) is 6.42 Å². The van der Waals surface area contributed by atoms with Crippen molar-refractivity contribution >= 4 is 5.91 Å². The maximum Gasteiger partial charge on any atom is 0.274 e. The Morgan fingerprint density at radius 1 is 1.20 bits per heavy atom. The quantitative estimate of drug-likeness (QED) is 0.905. The van der Waals surface area contributed by atoms with E-state index in [2.05, 4.69) is 22.3 Å². The van der Waals surface area contributed by atoms with Crippen molar-refractivity contribution in [2.75, 3.05) is 20.2 Å². The first kappa shape index (κ1) is 17.2. The second-order valence-corrected chi connectivity index (χ2v) is 6.43. The lowest BCUT2D eigenvalue weighted by molar-refractivity contribution is 0.0679. The summed E-state index contributed by atoms with van der Waals surface area (Å²) in [5.74, 6) is 1.41. The zero-order valence-corrected chi connectivity index (χ0v) is 14.4. The van der Waals surface area contributed by atoms with Gasteiger partial charge in [0.15, 0.2) is 0 Å². The van der Waals surface area contributed by atoms with E-state index in [1.54, 1.807) is 7.11 Å². The normalized spacial score (nSPS) is 15.2. The van der Waals surface area contributed by atoms with Crippen molar-refractivity contribution in [3.63, 3.8) is 0 Å². The number of carbonyl (C=O) groups is 1. The molecule has 0 spiro atoms. The highest BCUT2D eigenvalue weighted by molar-refractivity contribution is 5.92. The first-order valence-corrected chi connectivity index (χ1v) is 8.63. The van der Waals surface area contributed by atoms with Crippen LogP contribution < -0.4 is 10.3 Å². The largest absolute Gasteiger partial charge is 0.497 e. The van der Waals surface area contributed by atoms with Crippen molar-refractivity contribution in [1.82, 2.24) is 15.1 Å². The van der Waals surface area contributed by atoms with Crippen LogP contribution >= 0.6 is 0 Å². The Bertz CT molecular complexity index is 742. The number of rotatable bonds is 5. The van der Waals surface area contributed by atoms with Crippen molar-refractivity contribution in [3.8, 4) is 5.75 Å². The van der Waals surface area contributed by atoms with Crippen molar-refractivity contribution in [1.29, 1.82) is 0 Å². The van der Waals surface area contributed by atoms with Crippen molar-refractivity contribution in [3.05, 3.63) is 58.0 Å². The molecule has 1 saturated heterocycles. The lowest BCUT2D eigenvalue weighted by Gasteiger charge is -2.31. The minimum Gasteiger partial charge on any atom is -0.497 e. The summed E-state index contributed by atoms with van der Waals surface area (Å²) < 4.78 is 5.18. The molecule has 0 atom stereocenters. The second kappa shape index (κ2) is 7.96. The molecule has 0 bridgehead atoms. The average Bonchev–Trinajstić information content (AvgIpc) is 2.67. The third kappa shape index (κ3) is 4.47. The summed E-state index contributed by atoms with van der Waals surface area (Å²) >= 11 is 0. The summed E-state index contributed by atoms with van der Waals surface area (Å²) in [5, 5.41) is 6.14. The minimum atomic E-state index is -0.297. The standard InChI is InChI=1S/C19H23N3O3/c1-25-16-6-4-14(5-7-16)2-3-15-10-12-22(13-11-15)19(24)17-8-9-18(23)21-20-17/h4-9,15H,2-3,10-13H2,1H3,(H,21,23). The number of likely N-dealkylation sites (tertiary alicyclic amines) is 1. The molecule has 1 aromatic heterocycles. The topological polar surface area (TPSA) is 75.3 Å². The molecule has 0 radical (unpaired) electrons. The summed E-state index contributed by atoms with van der Waals surface area (Å²) in [6.45, 7) is 1.49. The molecule has 25 heavy (non-hydrogen) atoms. The fourth-order valence-corrected chi connectivity index (χ4v) is 3.21. The number of hydrogen-bond acceptors (Lipinski definition) is 4. The summed E-state index contributed by atoms with van der Waals surface area (Å²) in [5.41, 5.74) is 1.32. The zero-order valence-electron chi connectivity index (χ0n) is 14.4. The van der Waals surface area contributed by atoms with Gasteiger partial charge < -0.3 is 9.64 Å². The van der Waals surface area contributed by atoms with Crippen molar-refractivity contribution in [2.45, 2.75) is 25.7 Å². The highest BCUT2D eigenvalue weighted by Gasteiger charge is 2.24. The van der Waals surface area contributed by atoms with Crippen LogP contribution in [0.25, 0.3) is 0 Å². The van der Waals surface area contributed by atoms with Gasteiger partial charge in [-0.25, -0.2) is 5.10 Å². The molecule has 0 saturated carbocycles. The number of methoxy groups -OCH3 is 1. The van der Waals surface area contributed by atoms with Gasteiger partial charge in [0.05, 0.1) is 7.11 Å². The Hall–Kier alpha value is -2.63. The number of nitrogens with zero attached hydrogens (tertiary/aromatic N) is 2. The van der Waals surface area contributed by atoms with Gasteiger partial charge in [0.2, 0.25) is 0 Å². The Balaban J connectivity index is 1.47. The first-order valence-electron chi connectivity index (χ1n) is 8.63. The summed E-state index contributed by atoms with van der Waals surface area (Å²) in [4.78, 5) is 25.2. The number of aromatic amines is 1. The van der Waals surface area contributed by atoms with Crippen molar-refractivity contribution in [2.24, 2.45) is 5.92 Å². The number of piperidine rings is 1. The van der Waals surface area contributed by atoms with Gasteiger partial charge in [0, 0.05) is 19.2 Å². The highest BCUT2D eigenvalue weighted by atomic mass is 16.5. The van der Waals surface area contributed by atoms with Gasteiger partial charge in [-0.05, 0) is 55.4 Å². The van der Waals surface area contributed by atoms with E-state index in [0.717, 1.165) is 44.5 Å². The first-order chi connectivity index (χ1) is 12.2. The van der Waals surface area contributed by atoms with Crippen LogP contribution in [0, 0.1) is 5.92 Å². The van der Waals surface area contributed by atoms with E-state index in [4.69, 9.17) is 4.74 Å². The number of aromatic nitrogens is 2. The molecule has 1 aliphatic rings. The van der Waals surface area contributed by atoms with E-state index in [1.807, 2.05) is 17.0 Å². The number of aryl methyl sites for hydroxylation is 1. The average molecular weight is 341 g/mol. The molecule has 0 aliphatic carbocycles. The predicted octanol–water partition coefficient (Wildman–Crippen LogP) is 2.26. The van der Waals surface area contributed by atoms with Gasteiger partial charge in [0.25, 0.3) is 11.5 Å². The van der Waals surface area contributed by atoms with Crippen LogP contribution in [0.5, 0.6) is 5.75 Å². The molecule has 2 aromatic rings. The van der Waals surface area contributed by atoms with Crippen molar-refractivity contribution < 1.29 is 9.53 Å². The van der Waals surface area contributed by atoms with Crippen LogP contribution in [0.4, 0.5) is 0 Å². The lowest BCUT2D eigenvalue weighted by Crippen LogP contribution is -2.39. The third-order valence-corrected chi connectivity index (χ3v) is 4.80. The van der Waals surface area contributed by atoms with Gasteiger partial charge in [-0.2, -0.15) is 5.10 Å². The predicted molar refractivity (Wildman–Crippen MR) is 94.8 cm³/mol. The number of ether oxygens (including phenoxy) is 1. The summed E-state index contributed by atoms with van der Waals surface area (Å²) in [6.07, 6.45) is 4.19. The minimum absolute atomic E-state index is 0.107. The number of nitrogens with one attached hydrogen (secondary N) is 1. The van der Waals surface area contributed by atoms with E-state index in [1.165, 1.54) is 17.7 Å². The van der Waals surface area contributed by atoms with Crippen LogP contribution in [0.1, 0.15) is 35.3 Å². The second-order valence-electron chi connectivity index (χ2n) is 6.43.